The summed E-state index contributed by atoms with van der Waals surface area (Å²) in [7, 11) is -1.97. The van der Waals surface area contributed by atoms with Gasteiger partial charge in [-0.3, -0.25) is 9.59 Å². The fourth-order valence-electron chi connectivity index (χ4n) is 5.26. The Bertz CT molecular complexity index is 1560. The molecule has 0 radical (unpaired) electrons. The van der Waals surface area contributed by atoms with Gasteiger partial charge in [-0.05, 0) is 87.0 Å². The molecule has 232 valence electrons. The predicted octanol–water partition coefficient (Wildman–Crippen LogP) is 5.94. The van der Waals surface area contributed by atoms with Crippen LogP contribution in [0.25, 0.3) is 0 Å². The average molecular weight is 656 g/mol. The second-order valence-corrected chi connectivity index (χ2v) is 13.7. The number of halogens is 4. The van der Waals surface area contributed by atoms with Crippen LogP contribution >= 0.6 is 23.2 Å². The van der Waals surface area contributed by atoms with Crippen LogP contribution in [0.2, 0.25) is 10.0 Å². The number of nitrogens with one attached hydrogen (secondary N) is 1. The molecule has 0 spiro atoms. The van der Waals surface area contributed by atoms with E-state index in [4.69, 9.17) is 23.2 Å². The minimum absolute atomic E-state index is 0.00531. The van der Waals surface area contributed by atoms with Crippen LogP contribution < -0.4 is 5.32 Å². The number of aromatic nitrogens is 2. The number of piperidine rings is 2. The van der Waals surface area contributed by atoms with Crippen molar-refractivity contribution in [1.82, 2.24) is 19.2 Å². The first-order valence-electron chi connectivity index (χ1n) is 14.1. The van der Waals surface area contributed by atoms with E-state index in [0.29, 0.717) is 30.9 Å². The minimum atomic E-state index is -3.67. The SMILES string of the molecule is Cn1cnc(S(=O)(=O)N2CCCC(CC(=O)c3ccc(Cl)c(F)c3)C2)c1.O=C(CC1CCCNC1)c1ccc(Cl)c(F)c1. The summed E-state index contributed by atoms with van der Waals surface area (Å²) in [6.45, 7) is 2.56. The van der Waals surface area contributed by atoms with Crippen LogP contribution in [-0.4, -0.2) is 60.0 Å². The maximum atomic E-state index is 13.5. The fourth-order valence-corrected chi connectivity index (χ4v) is 7.02. The lowest BCUT2D eigenvalue weighted by atomic mass is 9.92. The van der Waals surface area contributed by atoms with Gasteiger partial charge in [0.15, 0.2) is 16.6 Å². The third kappa shape index (κ3) is 8.92. The number of nitrogens with zero attached hydrogens (tertiary/aromatic N) is 3. The molecular formula is C30H34Cl2F2N4O4S. The van der Waals surface area contributed by atoms with E-state index in [9.17, 15) is 26.8 Å². The highest BCUT2D eigenvalue weighted by atomic mass is 35.5. The molecule has 0 saturated carbocycles. The first-order chi connectivity index (χ1) is 20.4. The van der Waals surface area contributed by atoms with Crippen LogP contribution in [0.1, 0.15) is 59.2 Å². The highest BCUT2D eigenvalue weighted by Gasteiger charge is 2.32. The second kappa shape index (κ2) is 14.9. The molecule has 0 bridgehead atoms. The van der Waals surface area contributed by atoms with Crippen LogP contribution in [0.4, 0.5) is 8.78 Å². The van der Waals surface area contributed by atoms with Crippen molar-refractivity contribution >= 4 is 44.8 Å². The number of Topliss-reactive ketones (excluding diaryl/α,β-unsaturated/α-hetero) is 2. The van der Waals surface area contributed by atoms with Crippen molar-refractivity contribution in [3.8, 4) is 0 Å². The van der Waals surface area contributed by atoms with Gasteiger partial charge in [0.25, 0.3) is 10.0 Å². The number of sulfonamides is 1. The molecule has 2 fully saturated rings. The molecule has 43 heavy (non-hydrogen) atoms. The Balaban J connectivity index is 0.000000215. The van der Waals surface area contributed by atoms with E-state index in [1.54, 1.807) is 17.7 Å². The van der Waals surface area contributed by atoms with Gasteiger partial charge in [0.05, 0.1) is 16.4 Å². The first kappa shape index (κ1) is 33.2. The number of imidazole rings is 1. The zero-order valence-corrected chi connectivity index (χ0v) is 26.1. The average Bonchev–Trinajstić information content (AvgIpc) is 3.44. The molecule has 1 aromatic heterocycles. The Morgan fingerprint density at radius 3 is 2.05 bits per heavy atom. The minimum Gasteiger partial charge on any atom is -0.339 e. The molecule has 2 aliphatic rings. The zero-order valence-electron chi connectivity index (χ0n) is 23.7. The van der Waals surface area contributed by atoms with Gasteiger partial charge in [0.1, 0.15) is 11.6 Å². The number of carbonyl (C=O) groups excluding carboxylic acids is 2. The highest BCUT2D eigenvalue weighted by molar-refractivity contribution is 7.89. The van der Waals surface area contributed by atoms with Crippen molar-refractivity contribution in [2.45, 2.75) is 43.6 Å². The Morgan fingerprint density at radius 1 is 0.953 bits per heavy atom. The van der Waals surface area contributed by atoms with E-state index in [0.717, 1.165) is 38.4 Å². The molecule has 3 heterocycles. The normalized spacial score (nSPS) is 19.4. The standard InChI is InChI=1S/C17H19ClFN3O3S.C13H15ClFNO/c1-21-10-17(20-11-21)26(24,25)22-6-2-3-12(9-22)7-16(23)13-4-5-14(18)15(19)8-13;14-11-4-3-10(7-12(11)15)13(17)6-9-2-1-5-16-8-9/h4-5,8,10-12H,2-3,6-7,9H2,1H3;3-4,7,9,16H,1-2,5-6,8H2. The van der Waals surface area contributed by atoms with Crippen molar-refractivity contribution in [3.05, 3.63) is 81.7 Å². The van der Waals surface area contributed by atoms with Crippen molar-refractivity contribution in [2.75, 3.05) is 26.2 Å². The summed E-state index contributed by atoms with van der Waals surface area (Å²) in [6.07, 6.45) is 7.12. The zero-order chi connectivity index (χ0) is 31.1. The predicted molar refractivity (Wildman–Crippen MR) is 161 cm³/mol. The lowest BCUT2D eigenvalue weighted by molar-refractivity contribution is 0.0938. The Hall–Kier alpha value is -2.70. The molecule has 13 heteroatoms. The Morgan fingerprint density at radius 2 is 1.53 bits per heavy atom. The quantitative estimate of drug-likeness (QED) is 0.302. The van der Waals surface area contributed by atoms with Gasteiger partial charge in [-0.2, -0.15) is 4.31 Å². The van der Waals surface area contributed by atoms with Crippen molar-refractivity contribution in [1.29, 1.82) is 0 Å². The molecular weight excluding hydrogens is 621 g/mol. The highest BCUT2D eigenvalue weighted by Crippen LogP contribution is 2.27. The van der Waals surface area contributed by atoms with E-state index in [1.807, 2.05) is 0 Å². The van der Waals surface area contributed by atoms with Gasteiger partial charge in [-0.15, -0.1) is 0 Å². The first-order valence-corrected chi connectivity index (χ1v) is 16.3. The third-order valence-electron chi connectivity index (χ3n) is 7.60. The monoisotopic (exact) mass is 654 g/mol. The largest absolute Gasteiger partial charge is 0.339 e. The summed E-state index contributed by atoms with van der Waals surface area (Å²) >= 11 is 11.2. The van der Waals surface area contributed by atoms with E-state index >= 15 is 0 Å². The van der Waals surface area contributed by atoms with Gasteiger partial charge in [-0.25, -0.2) is 22.2 Å². The molecule has 1 N–H and O–H groups in total. The molecule has 5 rings (SSSR count). The van der Waals surface area contributed by atoms with Gasteiger partial charge < -0.3 is 9.88 Å². The number of aryl methyl sites for hydroxylation is 1. The van der Waals surface area contributed by atoms with Gasteiger partial charge in [-0.1, -0.05) is 23.2 Å². The molecule has 2 aromatic carbocycles. The molecule has 3 aromatic rings. The van der Waals surface area contributed by atoms with Crippen molar-refractivity contribution in [3.63, 3.8) is 0 Å². The van der Waals surface area contributed by atoms with Crippen molar-refractivity contribution < 1.29 is 26.8 Å². The van der Waals surface area contributed by atoms with E-state index in [-0.39, 0.29) is 51.1 Å². The van der Waals surface area contributed by atoms with Gasteiger partial charge in [0, 0.05) is 50.3 Å². The summed E-state index contributed by atoms with van der Waals surface area (Å²) < 4.78 is 55.1. The Labute approximate surface area is 260 Å². The smallest absolute Gasteiger partial charge is 0.262 e. The summed E-state index contributed by atoms with van der Waals surface area (Å²) in [5, 5.41) is 3.29. The second-order valence-electron chi connectivity index (χ2n) is 11.0. The van der Waals surface area contributed by atoms with E-state index in [1.165, 1.54) is 41.1 Å². The molecule has 0 amide bonds. The molecule has 2 saturated heterocycles. The summed E-state index contributed by atoms with van der Waals surface area (Å²) in [4.78, 5) is 28.3. The molecule has 2 unspecified atom stereocenters. The van der Waals surface area contributed by atoms with E-state index in [2.05, 4.69) is 10.3 Å². The van der Waals surface area contributed by atoms with Crippen LogP contribution in [0.3, 0.4) is 0 Å². The summed E-state index contributed by atoms with van der Waals surface area (Å²) in [5.74, 6) is -1.14. The summed E-state index contributed by atoms with van der Waals surface area (Å²) in [6, 6.07) is 8.20. The number of hydrogen-bond acceptors (Lipinski definition) is 6. The maximum absolute atomic E-state index is 13.5. The maximum Gasteiger partial charge on any atom is 0.262 e. The van der Waals surface area contributed by atoms with Crippen LogP contribution in [0.15, 0.2) is 53.9 Å². The topological polar surface area (TPSA) is 101 Å². The lowest BCUT2D eigenvalue weighted by Gasteiger charge is -2.31. The number of hydrogen-bond donors (Lipinski definition) is 1. The van der Waals surface area contributed by atoms with E-state index < -0.39 is 21.7 Å². The molecule has 0 aliphatic carbocycles. The van der Waals surface area contributed by atoms with Crippen molar-refractivity contribution in [2.24, 2.45) is 18.9 Å². The lowest BCUT2D eigenvalue weighted by Crippen LogP contribution is -2.40. The van der Waals surface area contributed by atoms with Crippen LogP contribution in [-0.2, 0) is 17.1 Å². The summed E-state index contributed by atoms with van der Waals surface area (Å²) in [5.41, 5.74) is 0.661. The van der Waals surface area contributed by atoms with Crippen LogP contribution in [0.5, 0.6) is 0 Å². The number of benzene rings is 2. The third-order valence-corrected chi connectivity index (χ3v) is 9.96. The number of rotatable bonds is 8. The number of ketones is 2. The van der Waals surface area contributed by atoms with Crippen LogP contribution in [0, 0.1) is 23.5 Å². The Kier molecular flexibility index (Phi) is 11.5. The number of carbonyl (C=O) groups is 2. The molecule has 2 aliphatic heterocycles. The fraction of sp³-hybridized carbons (Fsp3) is 0.433. The van der Waals surface area contributed by atoms with Gasteiger partial charge in [0.2, 0.25) is 0 Å². The van der Waals surface area contributed by atoms with Gasteiger partial charge >= 0.3 is 0 Å². The molecule has 8 nitrogen and oxygen atoms in total. The molecule has 2 atom stereocenters.